The number of nitrogens with one attached hydrogen (secondary N) is 2. The van der Waals surface area contributed by atoms with Crippen LogP contribution < -0.4 is 15.4 Å². The number of methoxy groups -OCH3 is 1. The van der Waals surface area contributed by atoms with Gasteiger partial charge >= 0.3 is 12.0 Å². The number of anilines is 1. The highest BCUT2D eigenvalue weighted by atomic mass is 32.1. The van der Waals surface area contributed by atoms with Crippen LogP contribution in [0.3, 0.4) is 0 Å². The monoisotopic (exact) mass is 688 g/mol. The molecule has 4 aromatic rings. The summed E-state index contributed by atoms with van der Waals surface area (Å²) in [6.07, 6.45) is 9.95. The second kappa shape index (κ2) is 16.2. The third kappa shape index (κ3) is 9.51. The predicted octanol–water partition coefficient (Wildman–Crippen LogP) is 6.73. The lowest BCUT2D eigenvalue weighted by Gasteiger charge is -2.34. The highest BCUT2D eigenvalue weighted by Gasteiger charge is 2.24. The Labute approximate surface area is 288 Å². The summed E-state index contributed by atoms with van der Waals surface area (Å²) in [6.45, 7) is 3.81. The second-order valence-corrected chi connectivity index (χ2v) is 13.5. The Morgan fingerprint density at radius 2 is 1.73 bits per heavy atom. The number of fused-ring (bicyclic) bond motifs is 1. The average molecular weight is 689 g/mol. The van der Waals surface area contributed by atoms with Crippen molar-refractivity contribution in [2.75, 3.05) is 38.6 Å². The van der Waals surface area contributed by atoms with Gasteiger partial charge in [-0.25, -0.2) is 9.18 Å². The molecular weight excluding hydrogens is 647 g/mol. The fourth-order valence-corrected chi connectivity index (χ4v) is 6.76. The van der Waals surface area contributed by atoms with Gasteiger partial charge in [-0.2, -0.15) is 0 Å². The van der Waals surface area contributed by atoms with Gasteiger partial charge in [0, 0.05) is 81.8 Å². The van der Waals surface area contributed by atoms with Gasteiger partial charge in [-0.05, 0) is 55.5 Å². The first-order valence-electron chi connectivity index (χ1n) is 16.8. The zero-order valence-corrected chi connectivity index (χ0v) is 28.4. The summed E-state index contributed by atoms with van der Waals surface area (Å²) in [7, 11) is 1.40. The maximum atomic E-state index is 14.9. The number of amides is 3. The van der Waals surface area contributed by atoms with E-state index >= 15 is 0 Å². The molecule has 4 heterocycles. The van der Waals surface area contributed by atoms with Crippen LogP contribution in [0.2, 0.25) is 0 Å². The van der Waals surface area contributed by atoms with Crippen molar-refractivity contribution in [2.45, 2.75) is 64.0 Å². The van der Waals surface area contributed by atoms with Crippen LogP contribution in [-0.4, -0.2) is 77.0 Å². The number of benzene rings is 1. The van der Waals surface area contributed by atoms with Gasteiger partial charge in [0.15, 0.2) is 11.6 Å². The molecule has 49 heavy (non-hydrogen) atoms. The average Bonchev–Trinajstić information content (AvgIpc) is 3.81. The lowest BCUT2D eigenvalue weighted by atomic mass is 10.1. The molecule has 2 fully saturated rings. The summed E-state index contributed by atoms with van der Waals surface area (Å²) in [5, 5.41) is 5.47. The van der Waals surface area contributed by atoms with E-state index in [4.69, 9.17) is 9.72 Å². The summed E-state index contributed by atoms with van der Waals surface area (Å²) in [5.41, 5.74) is 2.98. The molecule has 1 saturated carbocycles. The van der Waals surface area contributed by atoms with Gasteiger partial charge < -0.3 is 25.0 Å². The van der Waals surface area contributed by atoms with Gasteiger partial charge in [-0.3, -0.25) is 24.5 Å². The minimum atomic E-state index is -0.586. The topological polar surface area (TPSA) is 126 Å². The first-order chi connectivity index (χ1) is 23.8. The van der Waals surface area contributed by atoms with E-state index in [0.717, 1.165) is 84.5 Å². The molecule has 1 aliphatic carbocycles. The molecule has 1 aromatic carbocycles. The van der Waals surface area contributed by atoms with Gasteiger partial charge in [-0.15, -0.1) is 11.3 Å². The fraction of sp³-hybridized carbons (Fsp3) is 0.417. The molecular formula is C36H41FN6O5S. The van der Waals surface area contributed by atoms with Crippen molar-refractivity contribution in [3.05, 3.63) is 66.2 Å². The number of thiophene rings is 1. The number of rotatable bonds is 14. The van der Waals surface area contributed by atoms with Crippen LogP contribution in [-0.2, 0) is 20.9 Å². The first kappa shape index (κ1) is 34.3. The molecule has 2 N–H and O–H groups in total. The minimum absolute atomic E-state index is 0.0485. The molecule has 3 amide bonds. The molecule has 0 radical (unpaired) electrons. The molecule has 6 rings (SSSR count). The number of halogens is 1. The number of urea groups is 1. The number of unbranched alkanes of at least 4 members (excludes halogenated alkanes) is 3. The molecule has 0 atom stereocenters. The molecule has 0 bridgehead atoms. The Bertz CT molecular complexity index is 1770. The number of carbonyl (C=O) groups excluding carboxylic acids is 3. The summed E-state index contributed by atoms with van der Waals surface area (Å²) < 4.78 is 26.4. The number of ether oxygens (including phenoxy) is 2. The fourth-order valence-electron chi connectivity index (χ4n) is 5.72. The van der Waals surface area contributed by atoms with Crippen LogP contribution in [0.5, 0.6) is 11.5 Å². The largest absolute Gasteiger partial charge is 0.469 e. The Morgan fingerprint density at radius 3 is 2.45 bits per heavy atom. The summed E-state index contributed by atoms with van der Waals surface area (Å²) in [4.78, 5) is 50.3. The number of hydrogen-bond acceptors (Lipinski definition) is 9. The molecule has 0 spiro atoms. The van der Waals surface area contributed by atoms with Crippen LogP contribution in [0.1, 0.15) is 56.9 Å². The molecule has 1 aliphatic heterocycles. The Balaban J connectivity index is 0.985. The van der Waals surface area contributed by atoms with E-state index in [1.807, 2.05) is 23.2 Å². The number of aromatic nitrogens is 2. The molecule has 3 aromatic heterocycles. The van der Waals surface area contributed by atoms with Crippen molar-refractivity contribution in [2.24, 2.45) is 0 Å². The maximum absolute atomic E-state index is 14.9. The van der Waals surface area contributed by atoms with Crippen molar-refractivity contribution in [3.8, 4) is 22.1 Å². The molecule has 1 saturated heterocycles. The molecule has 258 valence electrons. The third-order valence-corrected chi connectivity index (χ3v) is 9.82. The van der Waals surface area contributed by atoms with E-state index in [1.54, 1.807) is 18.3 Å². The van der Waals surface area contributed by atoms with Crippen LogP contribution in [0.4, 0.5) is 14.9 Å². The van der Waals surface area contributed by atoms with Crippen molar-refractivity contribution in [1.82, 2.24) is 25.1 Å². The van der Waals surface area contributed by atoms with Crippen molar-refractivity contribution < 1.29 is 28.2 Å². The van der Waals surface area contributed by atoms with Crippen LogP contribution in [0.15, 0.2) is 54.9 Å². The van der Waals surface area contributed by atoms with Crippen LogP contribution >= 0.6 is 11.3 Å². The summed E-state index contributed by atoms with van der Waals surface area (Å²) in [6, 6.07) is 11.9. The normalized spacial score (nSPS) is 14.9. The van der Waals surface area contributed by atoms with E-state index in [2.05, 4.69) is 31.3 Å². The number of hydrogen-bond donors (Lipinski definition) is 2. The molecule has 13 heteroatoms. The molecule has 11 nitrogen and oxygen atoms in total. The quantitative estimate of drug-likeness (QED) is 0.110. The number of pyridine rings is 2. The standard InChI is InChI=1S/C36H41FN6O5S/c1-47-34(45)7-5-3-2-4-6-33(44)43-18-16-42(17-19-43)23-24-8-12-28(39-22-24)32-21-29-35(49-32)31(14-15-38-29)48-30-13-11-26(20-27(30)37)41-36(46)40-25-9-10-25/h8,11-15,20-22,25H,2-7,9-10,16-19,23H2,1H3,(H2,40,41,46). The van der Waals surface area contributed by atoms with Gasteiger partial charge in [0.1, 0.15) is 5.75 Å². The van der Waals surface area contributed by atoms with Gasteiger partial charge in [0.25, 0.3) is 0 Å². The zero-order chi connectivity index (χ0) is 34.2. The van der Waals surface area contributed by atoms with E-state index < -0.39 is 5.82 Å². The lowest BCUT2D eigenvalue weighted by molar-refractivity contribution is -0.140. The van der Waals surface area contributed by atoms with E-state index in [1.165, 1.54) is 30.6 Å². The second-order valence-electron chi connectivity index (χ2n) is 12.5. The van der Waals surface area contributed by atoms with Gasteiger partial charge in [0.05, 0.1) is 27.9 Å². The number of esters is 1. The number of nitrogens with zero attached hydrogens (tertiary/aromatic N) is 4. The van der Waals surface area contributed by atoms with E-state index in [-0.39, 0.29) is 29.7 Å². The highest BCUT2D eigenvalue weighted by molar-refractivity contribution is 7.22. The smallest absolute Gasteiger partial charge is 0.319 e. The maximum Gasteiger partial charge on any atom is 0.319 e. The number of piperazine rings is 1. The van der Waals surface area contributed by atoms with Gasteiger partial charge in [0.2, 0.25) is 5.91 Å². The predicted molar refractivity (Wildman–Crippen MR) is 186 cm³/mol. The minimum Gasteiger partial charge on any atom is -0.469 e. The molecule has 2 aliphatic rings. The van der Waals surface area contributed by atoms with Crippen LogP contribution in [0.25, 0.3) is 20.8 Å². The Morgan fingerprint density at radius 1 is 0.939 bits per heavy atom. The van der Waals surface area contributed by atoms with E-state index in [0.29, 0.717) is 37.4 Å². The van der Waals surface area contributed by atoms with E-state index in [9.17, 15) is 18.8 Å². The summed E-state index contributed by atoms with van der Waals surface area (Å²) >= 11 is 1.48. The lowest BCUT2D eigenvalue weighted by Crippen LogP contribution is -2.48. The highest BCUT2D eigenvalue weighted by Crippen LogP contribution is 2.39. The Hall–Kier alpha value is -4.62. The third-order valence-electron chi connectivity index (χ3n) is 8.66. The van der Waals surface area contributed by atoms with Crippen molar-refractivity contribution in [1.29, 1.82) is 0 Å². The first-order valence-corrected chi connectivity index (χ1v) is 17.6. The Kier molecular flexibility index (Phi) is 11.3. The number of carbonyl (C=O) groups is 3. The van der Waals surface area contributed by atoms with Crippen LogP contribution in [0, 0.1) is 5.82 Å². The molecule has 0 unspecified atom stereocenters. The zero-order valence-electron chi connectivity index (χ0n) is 27.6. The SMILES string of the molecule is COC(=O)CCCCCCC(=O)N1CCN(Cc2ccc(-c3cc4nccc(Oc5ccc(NC(=O)NC6CC6)cc5F)c4s3)nc2)CC1. The van der Waals surface area contributed by atoms with Crippen molar-refractivity contribution >= 4 is 45.1 Å². The summed E-state index contributed by atoms with van der Waals surface area (Å²) in [5.74, 6) is -0.0310. The van der Waals surface area contributed by atoms with Crippen molar-refractivity contribution in [3.63, 3.8) is 0 Å². The van der Waals surface area contributed by atoms with Gasteiger partial charge in [-0.1, -0.05) is 18.9 Å².